The van der Waals surface area contributed by atoms with Crippen molar-refractivity contribution in [3.8, 4) is 0 Å². The van der Waals surface area contributed by atoms with Gasteiger partial charge in [0.05, 0.1) is 0 Å². The summed E-state index contributed by atoms with van der Waals surface area (Å²) in [6.07, 6.45) is 8.88. The topological polar surface area (TPSA) is 20.3 Å². The first-order chi connectivity index (χ1) is 10.7. The summed E-state index contributed by atoms with van der Waals surface area (Å²) in [6, 6.07) is 6.89. The van der Waals surface area contributed by atoms with Gasteiger partial charge in [-0.1, -0.05) is 25.0 Å². The highest BCUT2D eigenvalue weighted by Gasteiger charge is 2.30. The maximum atomic E-state index is 13.2. The van der Waals surface area contributed by atoms with Gasteiger partial charge in [-0.15, -0.1) is 0 Å². The van der Waals surface area contributed by atoms with Crippen LogP contribution in [0.5, 0.6) is 0 Å². The number of hydrogen-bond donors (Lipinski definition) is 0. The fraction of sp³-hybridized carbons (Fsp3) is 0.632. The molecule has 1 aromatic carbocycles. The Hall–Kier alpha value is -1.38. The molecule has 3 heteroatoms. The smallest absolute Gasteiger partial charge is 0.225 e. The Kier molecular flexibility index (Phi) is 5.12. The van der Waals surface area contributed by atoms with Gasteiger partial charge in [0.25, 0.3) is 0 Å². The molecule has 0 spiro atoms. The SMILES string of the molecule is O=C(C1CCCC1)N1CCCC(CCc2cccc(F)c2)C1. The number of benzene rings is 1. The molecule has 120 valence electrons. The van der Waals surface area contributed by atoms with Gasteiger partial charge in [-0.25, -0.2) is 4.39 Å². The summed E-state index contributed by atoms with van der Waals surface area (Å²) >= 11 is 0. The molecule has 0 radical (unpaired) electrons. The molecule has 2 nitrogen and oxygen atoms in total. The van der Waals surface area contributed by atoms with E-state index in [1.165, 1.54) is 25.3 Å². The summed E-state index contributed by atoms with van der Waals surface area (Å²) in [7, 11) is 0. The van der Waals surface area contributed by atoms with Crippen molar-refractivity contribution in [3.05, 3.63) is 35.6 Å². The number of rotatable bonds is 4. The predicted molar refractivity (Wildman–Crippen MR) is 86.0 cm³/mol. The van der Waals surface area contributed by atoms with Crippen LogP contribution >= 0.6 is 0 Å². The standard InChI is InChI=1S/C19H26FNO/c20-18-9-3-5-15(13-18)10-11-16-6-4-12-21(14-16)19(22)17-7-1-2-8-17/h3,5,9,13,16-17H,1-2,4,6-8,10-12,14H2. The third-order valence-corrected chi connectivity index (χ3v) is 5.27. The van der Waals surface area contributed by atoms with E-state index in [9.17, 15) is 9.18 Å². The molecule has 1 unspecified atom stereocenters. The van der Waals surface area contributed by atoms with Crippen molar-refractivity contribution in [3.63, 3.8) is 0 Å². The Bertz CT molecular complexity index is 510. The van der Waals surface area contributed by atoms with E-state index in [4.69, 9.17) is 0 Å². The van der Waals surface area contributed by atoms with E-state index in [1.807, 2.05) is 6.07 Å². The van der Waals surface area contributed by atoms with Crippen molar-refractivity contribution in [1.82, 2.24) is 4.90 Å². The van der Waals surface area contributed by atoms with E-state index >= 15 is 0 Å². The van der Waals surface area contributed by atoms with Crippen molar-refractivity contribution in [2.45, 2.75) is 51.4 Å². The number of piperidine rings is 1. The lowest BCUT2D eigenvalue weighted by molar-refractivity contribution is -0.137. The minimum atomic E-state index is -0.154. The number of carbonyl (C=O) groups excluding carboxylic acids is 1. The van der Waals surface area contributed by atoms with Gasteiger partial charge in [0.2, 0.25) is 5.91 Å². The summed E-state index contributed by atoms with van der Waals surface area (Å²) < 4.78 is 13.2. The first kappa shape index (κ1) is 15.5. The van der Waals surface area contributed by atoms with Gasteiger partial charge in [-0.3, -0.25) is 4.79 Å². The van der Waals surface area contributed by atoms with E-state index in [0.717, 1.165) is 50.8 Å². The quantitative estimate of drug-likeness (QED) is 0.817. The second-order valence-corrected chi connectivity index (χ2v) is 6.94. The van der Waals surface area contributed by atoms with Gasteiger partial charge in [-0.05, 0) is 62.1 Å². The summed E-state index contributed by atoms with van der Waals surface area (Å²) in [5.74, 6) is 1.11. The first-order valence-corrected chi connectivity index (χ1v) is 8.75. The molecule has 1 aliphatic carbocycles. The van der Waals surface area contributed by atoms with Gasteiger partial charge in [0.15, 0.2) is 0 Å². The number of amides is 1. The molecule has 1 heterocycles. The number of halogens is 1. The van der Waals surface area contributed by atoms with Crippen molar-refractivity contribution in [1.29, 1.82) is 0 Å². The molecular weight excluding hydrogens is 277 g/mol. The molecule has 2 fully saturated rings. The van der Waals surface area contributed by atoms with Gasteiger partial charge in [0, 0.05) is 19.0 Å². The van der Waals surface area contributed by atoms with Crippen LogP contribution in [-0.4, -0.2) is 23.9 Å². The average molecular weight is 303 g/mol. The third kappa shape index (κ3) is 3.88. The molecule has 1 saturated heterocycles. The molecule has 1 atom stereocenters. The fourth-order valence-electron chi connectivity index (χ4n) is 4.00. The average Bonchev–Trinajstić information content (AvgIpc) is 3.07. The third-order valence-electron chi connectivity index (χ3n) is 5.27. The summed E-state index contributed by atoms with van der Waals surface area (Å²) in [4.78, 5) is 14.6. The Morgan fingerprint density at radius 3 is 2.77 bits per heavy atom. The highest BCUT2D eigenvalue weighted by atomic mass is 19.1. The zero-order valence-corrected chi connectivity index (χ0v) is 13.3. The molecule has 0 aromatic heterocycles. The van der Waals surface area contributed by atoms with Crippen LogP contribution in [0.1, 0.15) is 50.5 Å². The van der Waals surface area contributed by atoms with Crippen LogP contribution in [0.2, 0.25) is 0 Å². The molecule has 1 aromatic rings. The van der Waals surface area contributed by atoms with Crippen molar-refractivity contribution < 1.29 is 9.18 Å². The maximum absolute atomic E-state index is 13.2. The lowest BCUT2D eigenvalue weighted by atomic mass is 9.90. The summed E-state index contributed by atoms with van der Waals surface area (Å²) in [6.45, 7) is 1.84. The summed E-state index contributed by atoms with van der Waals surface area (Å²) in [5.41, 5.74) is 1.07. The normalized spacial score (nSPS) is 23.0. The van der Waals surface area contributed by atoms with Crippen LogP contribution in [-0.2, 0) is 11.2 Å². The summed E-state index contributed by atoms with van der Waals surface area (Å²) in [5, 5.41) is 0. The number of likely N-dealkylation sites (tertiary alicyclic amines) is 1. The second kappa shape index (κ2) is 7.26. The molecule has 22 heavy (non-hydrogen) atoms. The highest BCUT2D eigenvalue weighted by Crippen LogP contribution is 2.29. The van der Waals surface area contributed by atoms with Gasteiger partial charge >= 0.3 is 0 Å². The number of nitrogens with zero attached hydrogens (tertiary/aromatic N) is 1. The lowest BCUT2D eigenvalue weighted by Gasteiger charge is -2.34. The molecule has 2 aliphatic rings. The number of aryl methyl sites for hydroxylation is 1. The van der Waals surface area contributed by atoms with Crippen LogP contribution in [0.4, 0.5) is 4.39 Å². The first-order valence-electron chi connectivity index (χ1n) is 8.75. The van der Waals surface area contributed by atoms with E-state index < -0.39 is 0 Å². The molecule has 0 N–H and O–H groups in total. The Balaban J connectivity index is 1.51. The Morgan fingerprint density at radius 2 is 2.00 bits per heavy atom. The second-order valence-electron chi connectivity index (χ2n) is 6.94. The number of hydrogen-bond acceptors (Lipinski definition) is 1. The van der Waals surface area contributed by atoms with E-state index in [1.54, 1.807) is 12.1 Å². The molecule has 1 amide bonds. The Morgan fingerprint density at radius 1 is 1.18 bits per heavy atom. The fourth-order valence-corrected chi connectivity index (χ4v) is 4.00. The van der Waals surface area contributed by atoms with E-state index in [0.29, 0.717) is 17.7 Å². The molecule has 3 rings (SSSR count). The maximum Gasteiger partial charge on any atom is 0.225 e. The van der Waals surface area contributed by atoms with Crippen LogP contribution in [0.15, 0.2) is 24.3 Å². The van der Waals surface area contributed by atoms with Gasteiger partial charge < -0.3 is 4.90 Å². The van der Waals surface area contributed by atoms with Crippen molar-refractivity contribution in [2.24, 2.45) is 11.8 Å². The molecular formula is C19H26FNO. The predicted octanol–water partition coefficient (Wildman–Crippen LogP) is 4.19. The van der Waals surface area contributed by atoms with Gasteiger partial charge in [-0.2, -0.15) is 0 Å². The largest absolute Gasteiger partial charge is 0.342 e. The van der Waals surface area contributed by atoms with Crippen molar-refractivity contribution in [2.75, 3.05) is 13.1 Å². The minimum absolute atomic E-state index is 0.154. The minimum Gasteiger partial charge on any atom is -0.342 e. The molecule has 1 aliphatic heterocycles. The van der Waals surface area contributed by atoms with Crippen LogP contribution in [0.3, 0.4) is 0 Å². The van der Waals surface area contributed by atoms with E-state index in [2.05, 4.69) is 4.90 Å². The molecule has 0 bridgehead atoms. The molecule has 1 saturated carbocycles. The zero-order valence-electron chi connectivity index (χ0n) is 13.3. The van der Waals surface area contributed by atoms with E-state index in [-0.39, 0.29) is 5.82 Å². The number of carbonyl (C=O) groups is 1. The van der Waals surface area contributed by atoms with Gasteiger partial charge in [0.1, 0.15) is 5.82 Å². The highest BCUT2D eigenvalue weighted by molar-refractivity contribution is 5.79. The Labute approximate surface area is 132 Å². The lowest BCUT2D eigenvalue weighted by Crippen LogP contribution is -2.42. The monoisotopic (exact) mass is 303 g/mol. The van der Waals surface area contributed by atoms with Crippen molar-refractivity contribution >= 4 is 5.91 Å². The zero-order chi connectivity index (χ0) is 15.4. The van der Waals surface area contributed by atoms with Crippen LogP contribution in [0, 0.1) is 17.7 Å². The van der Waals surface area contributed by atoms with Crippen LogP contribution < -0.4 is 0 Å². The van der Waals surface area contributed by atoms with Crippen LogP contribution in [0.25, 0.3) is 0 Å².